The van der Waals surface area contributed by atoms with Gasteiger partial charge in [-0.1, -0.05) is 60.6 Å². The maximum atomic E-state index is 12.4. The van der Waals surface area contributed by atoms with Crippen LogP contribution in [-0.4, -0.2) is 27.8 Å². The number of carbonyl (C=O) groups is 1. The van der Waals surface area contributed by atoms with Gasteiger partial charge in [0.05, 0.1) is 29.4 Å². The molecular weight excluding hydrogens is 484 g/mol. The van der Waals surface area contributed by atoms with Crippen molar-refractivity contribution in [1.29, 1.82) is 0 Å². The van der Waals surface area contributed by atoms with Gasteiger partial charge < -0.3 is 13.8 Å². The Morgan fingerprint density at radius 1 is 1.05 bits per heavy atom. The van der Waals surface area contributed by atoms with E-state index in [4.69, 9.17) is 14.2 Å². The van der Waals surface area contributed by atoms with Crippen LogP contribution in [0, 0.1) is 13.8 Å². The molecule has 0 aliphatic heterocycles. The predicted molar refractivity (Wildman–Crippen MR) is 147 cm³/mol. The van der Waals surface area contributed by atoms with E-state index in [0.717, 1.165) is 56.1 Å². The van der Waals surface area contributed by atoms with Crippen LogP contribution in [0.4, 0.5) is 5.88 Å². The third-order valence-corrected chi connectivity index (χ3v) is 7.33. The van der Waals surface area contributed by atoms with Gasteiger partial charge in [-0.25, -0.2) is 9.78 Å². The summed E-state index contributed by atoms with van der Waals surface area (Å²) in [6, 6.07) is 22.3. The van der Waals surface area contributed by atoms with Gasteiger partial charge >= 0.3 is 5.97 Å². The standard InChI is InChI=1S/C29H28N4O3S/c1-5-26-30-24-11-8-10-23(29(34)35-4)27(24)33(26)17-20-13-15-21(16-14-20)22-9-6-7-12-25(22)37-32-28-18(2)19(3)31-36-28/h6-16,32H,5,17H2,1-4H3. The number of ether oxygens (including phenoxy) is 1. The van der Waals surface area contributed by atoms with Crippen molar-refractivity contribution in [1.82, 2.24) is 14.7 Å². The molecule has 2 aromatic heterocycles. The summed E-state index contributed by atoms with van der Waals surface area (Å²) in [6.07, 6.45) is 0.759. The van der Waals surface area contributed by atoms with Crippen LogP contribution in [0.15, 0.2) is 76.1 Å². The number of rotatable bonds is 8. The minimum atomic E-state index is -0.358. The summed E-state index contributed by atoms with van der Waals surface area (Å²) >= 11 is 1.50. The molecule has 0 fully saturated rings. The van der Waals surface area contributed by atoms with Crippen LogP contribution in [-0.2, 0) is 17.7 Å². The molecule has 188 valence electrons. The molecule has 8 heteroatoms. The normalized spacial score (nSPS) is 11.1. The fourth-order valence-electron chi connectivity index (χ4n) is 4.33. The zero-order chi connectivity index (χ0) is 25.9. The average Bonchev–Trinajstić information content (AvgIpc) is 3.46. The fourth-order valence-corrected chi connectivity index (χ4v) is 5.16. The van der Waals surface area contributed by atoms with Gasteiger partial charge in [0.2, 0.25) is 5.88 Å². The van der Waals surface area contributed by atoms with Crippen molar-refractivity contribution in [3.05, 3.63) is 94.9 Å². The number of esters is 1. The monoisotopic (exact) mass is 512 g/mol. The maximum absolute atomic E-state index is 12.4. The van der Waals surface area contributed by atoms with Gasteiger partial charge in [-0.3, -0.25) is 4.72 Å². The highest BCUT2D eigenvalue weighted by Crippen LogP contribution is 2.33. The van der Waals surface area contributed by atoms with Crippen LogP contribution in [0.5, 0.6) is 0 Å². The van der Waals surface area contributed by atoms with E-state index < -0.39 is 0 Å². The third kappa shape index (κ3) is 4.84. The van der Waals surface area contributed by atoms with E-state index in [-0.39, 0.29) is 5.97 Å². The van der Waals surface area contributed by atoms with E-state index in [2.05, 4.69) is 57.8 Å². The molecule has 1 N–H and O–H groups in total. The Bertz CT molecular complexity index is 1570. The number of methoxy groups -OCH3 is 1. The Morgan fingerprint density at radius 2 is 1.84 bits per heavy atom. The Morgan fingerprint density at radius 3 is 2.54 bits per heavy atom. The predicted octanol–water partition coefficient (Wildman–Crippen LogP) is 6.82. The van der Waals surface area contributed by atoms with Crippen LogP contribution in [0.2, 0.25) is 0 Å². The molecule has 0 aliphatic carbocycles. The number of fused-ring (bicyclic) bond motifs is 1. The lowest BCUT2D eigenvalue weighted by molar-refractivity contribution is 0.0602. The van der Waals surface area contributed by atoms with E-state index >= 15 is 0 Å². The number of nitrogens with zero attached hydrogens (tertiary/aromatic N) is 3. The van der Waals surface area contributed by atoms with Crippen LogP contribution < -0.4 is 4.72 Å². The second-order valence-corrected chi connectivity index (χ2v) is 9.60. The molecule has 0 unspecified atom stereocenters. The van der Waals surface area contributed by atoms with Crippen molar-refractivity contribution in [2.24, 2.45) is 0 Å². The summed E-state index contributed by atoms with van der Waals surface area (Å²) in [5.74, 6) is 1.24. The lowest BCUT2D eigenvalue weighted by atomic mass is 10.0. The number of para-hydroxylation sites is 1. The molecule has 7 nitrogen and oxygen atoms in total. The molecule has 3 aromatic carbocycles. The van der Waals surface area contributed by atoms with Gasteiger partial charge in [-0.15, -0.1) is 0 Å². The molecular formula is C29H28N4O3S. The average molecular weight is 513 g/mol. The van der Waals surface area contributed by atoms with Crippen molar-refractivity contribution in [2.45, 2.75) is 38.6 Å². The molecule has 0 amide bonds. The van der Waals surface area contributed by atoms with E-state index in [1.165, 1.54) is 19.1 Å². The molecule has 0 radical (unpaired) electrons. The fraction of sp³-hybridized carbons (Fsp3) is 0.207. The SMILES string of the molecule is CCc1nc2cccc(C(=O)OC)c2n1Cc1ccc(-c2ccccc2SNc2onc(C)c2C)cc1. The van der Waals surface area contributed by atoms with Gasteiger partial charge in [0.15, 0.2) is 0 Å². The van der Waals surface area contributed by atoms with Gasteiger partial charge in [-0.2, -0.15) is 0 Å². The summed E-state index contributed by atoms with van der Waals surface area (Å²) in [4.78, 5) is 18.3. The quantitative estimate of drug-likeness (QED) is 0.180. The summed E-state index contributed by atoms with van der Waals surface area (Å²) in [7, 11) is 1.40. The summed E-state index contributed by atoms with van der Waals surface area (Å²) in [5.41, 5.74) is 7.36. The Balaban J connectivity index is 1.42. The third-order valence-electron chi connectivity index (χ3n) is 6.47. The first-order valence-electron chi connectivity index (χ1n) is 12.1. The van der Waals surface area contributed by atoms with E-state index in [0.29, 0.717) is 18.0 Å². The molecule has 0 atom stereocenters. The summed E-state index contributed by atoms with van der Waals surface area (Å²) in [5, 5.41) is 4.02. The van der Waals surface area contributed by atoms with Gasteiger partial charge in [0.1, 0.15) is 5.82 Å². The molecule has 0 spiro atoms. The van der Waals surface area contributed by atoms with Crippen molar-refractivity contribution in [3.63, 3.8) is 0 Å². The van der Waals surface area contributed by atoms with Crippen molar-refractivity contribution in [3.8, 4) is 11.1 Å². The Hall–Kier alpha value is -4.04. The number of benzene rings is 3. The molecule has 5 aromatic rings. The number of hydrogen-bond acceptors (Lipinski definition) is 7. The molecule has 0 saturated carbocycles. The first-order valence-corrected chi connectivity index (χ1v) is 12.9. The second kappa shape index (κ2) is 10.5. The molecule has 0 aliphatic rings. The van der Waals surface area contributed by atoms with Crippen molar-refractivity contribution in [2.75, 3.05) is 11.8 Å². The Kier molecular flexibility index (Phi) is 7.01. The topological polar surface area (TPSA) is 82.2 Å². The van der Waals surface area contributed by atoms with Crippen molar-refractivity contribution < 1.29 is 14.1 Å². The summed E-state index contributed by atoms with van der Waals surface area (Å²) in [6.45, 7) is 6.59. The highest BCUT2D eigenvalue weighted by atomic mass is 32.2. The van der Waals surface area contributed by atoms with E-state index in [1.807, 2.05) is 38.1 Å². The largest absolute Gasteiger partial charge is 0.465 e. The number of aryl methyl sites for hydroxylation is 2. The lowest BCUT2D eigenvalue weighted by Crippen LogP contribution is -2.09. The van der Waals surface area contributed by atoms with Crippen LogP contribution >= 0.6 is 11.9 Å². The highest BCUT2D eigenvalue weighted by Gasteiger charge is 2.18. The van der Waals surface area contributed by atoms with Crippen LogP contribution in [0.1, 0.15) is 39.9 Å². The second-order valence-electron chi connectivity index (χ2n) is 8.75. The van der Waals surface area contributed by atoms with Crippen LogP contribution in [0.3, 0.4) is 0 Å². The van der Waals surface area contributed by atoms with E-state index in [9.17, 15) is 4.79 Å². The maximum Gasteiger partial charge on any atom is 0.340 e. The number of carbonyl (C=O) groups excluding carboxylic acids is 1. The number of nitrogens with one attached hydrogen (secondary N) is 1. The number of aromatic nitrogens is 3. The minimum absolute atomic E-state index is 0.358. The Labute approximate surface area is 220 Å². The number of anilines is 1. The lowest BCUT2D eigenvalue weighted by Gasteiger charge is -2.13. The molecule has 5 rings (SSSR count). The van der Waals surface area contributed by atoms with Gasteiger partial charge in [0, 0.05) is 23.4 Å². The molecule has 0 saturated heterocycles. The van der Waals surface area contributed by atoms with Crippen LogP contribution in [0.25, 0.3) is 22.2 Å². The van der Waals surface area contributed by atoms with Gasteiger partial charge in [-0.05, 0) is 60.7 Å². The minimum Gasteiger partial charge on any atom is -0.465 e. The number of imidazole rings is 1. The summed E-state index contributed by atoms with van der Waals surface area (Å²) < 4.78 is 15.8. The highest BCUT2D eigenvalue weighted by molar-refractivity contribution is 8.00. The first-order chi connectivity index (χ1) is 18.0. The molecule has 2 heterocycles. The smallest absolute Gasteiger partial charge is 0.340 e. The van der Waals surface area contributed by atoms with Crippen molar-refractivity contribution >= 4 is 34.8 Å². The first kappa shape index (κ1) is 24.6. The number of hydrogen-bond donors (Lipinski definition) is 1. The molecule has 0 bridgehead atoms. The van der Waals surface area contributed by atoms with E-state index in [1.54, 1.807) is 6.07 Å². The zero-order valence-electron chi connectivity index (χ0n) is 21.2. The molecule has 37 heavy (non-hydrogen) atoms. The zero-order valence-corrected chi connectivity index (χ0v) is 22.1. The van der Waals surface area contributed by atoms with Gasteiger partial charge in [0.25, 0.3) is 0 Å².